The number of aromatic nitrogens is 2. The van der Waals surface area contributed by atoms with E-state index in [1.807, 2.05) is 42.7 Å². The minimum Gasteiger partial charge on any atom is -0.496 e. The number of hydrogen-bond acceptors (Lipinski definition) is 10. The molecule has 14 heteroatoms. The zero-order valence-electron chi connectivity index (χ0n) is 31.2. The van der Waals surface area contributed by atoms with Crippen LogP contribution in [0.5, 0.6) is 11.5 Å². The summed E-state index contributed by atoms with van der Waals surface area (Å²) in [7, 11) is -0.544. The number of hydrogen-bond donors (Lipinski definition) is 2. The second kappa shape index (κ2) is 14.0. The molecule has 2 aromatic heterocycles. The van der Waals surface area contributed by atoms with E-state index < -0.39 is 50.1 Å². The first kappa shape index (κ1) is 37.3. The Morgan fingerprint density at radius 3 is 2.57 bits per heavy atom. The predicted octanol–water partition coefficient (Wildman–Crippen LogP) is 5.64. The highest BCUT2D eigenvalue weighted by Crippen LogP contribution is 2.48. The number of thiazole rings is 1. The van der Waals surface area contributed by atoms with Gasteiger partial charge in [0.15, 0.2) is 0 Å². The van der Waals surface area contributed by atoms with Gasteiger partial charge < -0.3 is 19.7 Å². The van der Waals surface area contributed by atoms with Crippen LogP contribution in [0.15, 0.2) is 35.7 Å². The Morgan fingerprint density at radius 1 is 1.11 bits per heavy atom. The van der Waals surface area contributed by atoms with E-state index in [0.717, 1.165) is 40.9 Å². The zero-order chi connectivity index (χ0) is 37.9. The number of amides is 3. The molecule has 3 heterocycles. The van der Waals surface area contributed by atoms with Crippen LogP contribution in [-0.2, 0) is 24.4 Å². The standard InChI is InChI=1S/C39H49N5O7S2/c1-22(2)30-21-52-35(41-30)29-19-32(26-12-13-31(50-6)23(3)33(26)40-29)51-25-17-27-28(18-25)36(46)44(5)16-10-8-7-9-11-24-20-39(24,42-34(27)45)37(47)43-53(48,49)38(4)14-15-38/h9,11-13,19,21-22,24-25,27-28H,7-8,10,14-18,20H2,1-6H3,(H,42,45)(H,43,47)/b11-9-/t24-,25?,27-,28-,39-/m1/s1. The van der Waals surface area contributed by atoms with E-state index in [1.165, 1.54) is 11.3 Å². The maximum absolute atomic E-state index is 14.3. The molecule has 1 unspecified atom stereocenters. The largest absolute Gasteiger partial charge is 0.496 e. The highest BCUT2D eigenvalue weighted by Gasteiger charge is 2.63. The topological polar surface area (TPSA) is 157 Å². The maximum atomic E-state index is 14.3. The van der Waals surface area contributed by atoms with Gasteiger partial charge in [-0.2, -0.15) is 0 Å². The van der Waals surface area contributed by atoms with E-state index in [2.05, 4.69) is 23.9 Å². The first-order valence-electron chi connectivity index (χ1n) is 18.6. The summed E-state index contributed by atoms with van der Waals surface area (Å²) in [5.41, 5.74) is 1.77. The molecule has 7 rings (SSSR count). The average Bonchev–Trinajstić information content (AvgIpc) is 3.89. The molecule has 284 valence electrons. The molecule has 12 nitrogen and oxygen atoms in total. The van der Waals surface area contributed by atoms with Gasteiger partial charge in [0, 0.05) is 41.9 Å². The molecule has 0 spiro atoms. The van der Waals surface area contributed by atoms with Crippen molar-refractivity contribution >= 4 is 50.0 Å². The molecule has 0 saturated heterocycles. The second-order valence-electron chi connectivity index (χ2n) is 15.8. The van der Waals surface area contributed by atoms with E-state index in [-0.39, 0.29) is 30.6 Å². The molecule has 2 N–H and O–H groups in total. The van der Waals surface area contributed by atoms with Crippen molar-refractivity contribution in [2.75, 3.05) is 20.7 Å². The van der Waals surface area contributed by atoms with E-state index in [0.29, 0.717) is 48.5 Å². The van der Waals surface area contributed by atoms with Gasteiger partial charge in [0.2, 0.25) is 21.8 Å². The van der Waals surface area contributed by atoms with Gasteiger partial charge >= 0.3 is 0 Å². The monoisotopic (exact) mass is 763 g/mol. The molecule has 4 aliphatic rings. The molecule has 1 aromatic carbocycles. The number of allylic oxidation sites excluding steroid dienone is 1. The fraction of sp³-hybridized carbons (Fsp3) is 0.564. The van der Waals surface area contributed by atoms with Gasteiger partial charge in [-0.15, -0.1) is 11.3 Å². The van der Waals surface area contributed by atoms with Crippen molar-refractivity contribution in [2.24, 2.45) is 17.8 Å². The summed E-state index contributed by atoms with van der Waals surface area (Å²) in [6.07, 6.45) is 7.52. The van der Waals surface area contributed by atoms with Gasteiger partial charge in [-0.05, 0) is 83.3 Å². The Kier molecular flexibility index (Phi) is 9.84. The minimum atomic E-state index is -3.93. The maximum Gasteiger partial charge on any atom is 0.259 e. The summed E-state index contributed by atoms with van der Waals surface area (Å²) >= 11 is 1.51. The summed E-state index contributed by atoms with van der Waals surface area (Å²) in [6.45, 7) is 8.31. The molecular formula is C39H49N5O7S2. The number of carbonyl (C=O) groups is 3. The van der Waals surface area contributed by atoms with Crippen LogP contribution in [0.3, 0.4) is 0 Å². The molecule has 3 aromatic rings. The van der Waals surface area contributed by atoms with Crippen LogP contribution in [0.4, 0.5) is 0 Å². The Hall–Kier alpha value is -4.04. The number of methoxy groups -OCH3 is 1. The highest BCUT2D eigenvalue weighted by atomic mass is 32.2. The lowest BCUT2D eigenvalue weighted by Gasteiger charge is -2.27. The van der Waals surface area contributed by atoms with Gasteiger partial charge in [-0.25, -0.2) is 18.4 Å². The number of aryl methyl sites for hydroxylation is 1. The van der Waals surface area contributed by atoms with Crippen molar-refractivity contribution in [1.29, 1.82) is 0 Å². The number of pyridine rings is 1. The number of rotatable bonds is 8. The Labute approximate surface area is 315 Å². The molecule has 0 radical (unpaired) electrons. The summed E-state index contributed by atoms with van der Waals surface area (Å²) in [5, 5.41) is 6.54. The number of nitrogens with zero attached hydrogens (tertiary/aromatic N) is 3. The molecule has 1 aliphatic heterocycles. The van der Waals surface area contributed by atoms with Gasteiger partial charge in [0.05, 0.1) is 34.9 Å². The minimum absolute atomic E-state index is 0.149. The lowest BCUT2D eigenvalue weighted by Crippen LogP contribution is -2.55. The van der Waals surface area contributed by atoms with Crippen molar-refractivity contribution in [2.45, 2.75) is 101 Å². The van der Waals surface area contributed by atoms with E-state index >= 15 is 0 Å². The number of sulfonamides is 1. The number of fused-ring (bicyclic) bond motifs is 3. The Balaban J connectivity index is 1.21. The SMILES string of the molecule is COc1ccc2c(OC3C[C@H]4C(=O)N[C@]5(C(=O)NS(=O)(=O)C6(C)CC6)C[C@H]5/C=C\CCCCN(C)C(=O)[C@@H]4C3)cc(-c3nc(C(C)C)cs3)nc2c1C. The molecule has 3 saturated carbocycles. The molecule has 53 heavy (non-hydrogen) atoms. The third kappa shape index (κ3) is 7.04. The van der Waals surface area contributed by atoms with E-state index in [1.54, 1.807) is 26.0 Å². The Bertz CT molecular complexity index is 2090. The van der Waals surface area contributed by atoms with E-state index in [9.17, 15) is 22.8 Å². The lowest BCUT2D eigenvalue weighted by molar-refractivity contribution is -0.140. The van der Waals surface area contributed by atoms with Crippen LogP contribution in [0, 0.1) is 24.7 Å². The third-order valence-corrected chi connectivity index (χ3v) is 14.7. The van der Waals surface area contributed by atoms with Gasteiger partial charge in [-0.3, -0.25) is 19.1 Å². The van der Waals surface area contributed by atoms with Crippen LogP contribution in [0.1, 0.15) is 89.3 Å². The molecule has 3 amide bonds. The van der Waals surface area contributed by atoms with E-state index in [4.69, 9.17) is 19.4 Å². The van der Waals surface area contributed by atoms with Crippen LogP contribution in [-0.4, -0.2) is 78.1 Å². The third-order valence-electron chi connectivity index (χ3n) is 11.6. The quantitative estimate of drug-likeness (QED) is 0.277. The average molecular weight is 764 g/mol. The van der Waals surface area contributed by atoms with Gasteiger partial charge in [-0.1, -0.05) is 26.0 Å². The Morgan fingerprint density at radius 2 is 1.87 bits per heavy atom. The van der Waals surface area contributed by atoms with Crippen LogP contribution < -0.4 is 19.5 Å². The zero-order valence-corrected chi connectivity index (χ0v) is 32.9. The smallest absolute Gasteiger partial charge is 0.259 e. The second-order valence-corrected chi connectivity index (χ2v) is 18.8. The highest BCUT2D eigenvalue weighted by molar-refractivity contribution is 7.91. The number of ether oxygens (including phenoxy) is 2. The van der Waals surface area contributed by atoms with Gasteiger partial charge in [0.25, 0.3) is 5.91 Å². The summed E-state index contributed by atoms with van der Waals surface area (Å²) in [6, 6.07) is 5.66. The van der Waals surface area contributed by atoms with Crippen molar-refractivity contribution in [3.8, 4) is 22.2 Å². The summed E-state index contributed by atoms with van der Waals surface area (Å²) in [4.78, 5) is 53.7. The summed E-state index contributed by atoms with van der Waals surface area (Å²) < 4.78 is 39.9. The normalized spacial score (nSPS) is 27.7. The lowest BCUT2D eigenvalue weighted by atomic mass is 9.93. The van der Waals surface area contributed by atoms with Crippen LogP contribution in [0.25, 0.3) is 21.6 Å². The van der Waals surface area contributed by atoms with Crippen molar-refractivity contribution in [3.63, 3.8) is 0 Å². The first-order valence-corrected chi connectivity index (χ1v) is 20.9. The van der Waals surface area contributed by atoms with Crippen LogP contribution in [0.2, 0.25) is 0 Å². The van der Waals surface area contributed by atoms with Crippen molar-refractivity contribution < 1.29 is 32.3 Å². The number of nitrogens with one attached hydrogen (secondary N) is 2. The van der Waals surface area contributed by atoms with Crippen molar-refractivity contribution in [1.82, 2.24) is 24.9 Å². The fourth-order valence-electron chi connectivity index (χ4n) is 7.65. The molecule has 3 fully saturated rings. The van der Waals surface area contributed by atoms with Gasteiger partial charge in [0.1, 0.15) is 33.8 Å². The predicted molar refractivity (Wildman–Crippen MR) is 203 cm³/mol. The van der Waals surface area contributed by atoms with Crippen molar-refractivity contribution in [3.05, 3.63) is 47.0 Å². The summed E-state index contributed by atoms with van der Waals surface area (Å²) in [5.74, 6) is -1.67. The molecule has 0 bridgehead atoms. The fourth-order valence-corrected chi connectivity index (χ4v) is 9.90. The van der Waals surface area contributed by atoms with Crippen LogP contribution >= 0.6 is 11.3 Å². The first-order chi connectivity index (χ1) is 25.2. The number of carbonyl (C=O) groups excluding carboxylic acids is 3. The molecule has 3 aliphatic carbocycles. The molecular weight excluding hydrogens is 715 g/mol. The molecule has 5 atom stereocenters. The number of benzene rings is 1.